The number of nitrogens with one attached hydrogen (secondary N) is 1. The Labute approximate surface area is 166 Å². The number of thioether (sulfide) groups is 1. The average molecular weight is 405 g/mol. The smallest absolute Gasteiger partial charge is 0.234 e. The normalized spacial score (nSPS) is 10.8. The van der Waals surface area contributed by atoms with E-state index < -0.39 is 5.82 Å². The summed E-state index contributed by atoms with van der Waals surface area (Å²) < 4.78 is 15.2. The van der Waals surface area contributed by atoms with E-state index in [9.17, 15) is 9.18 Å². The Morgan fingerprint density at radius 1 is 1.22 bits per heavy atom. The van der Waals surface area contributed by atoms with Gasteiger partial charge >= 0.3 is 0 Å². The number of anilines is 1. The molecule has 0 fully saturated rings. The van der Waals surface area contributed by atoms with Gasteiger partial charge < -0.3 is 9.88 Å². The molecule has 0 bridgehead atoms. The highest BCUT2D eigenvalue weighted by Crippen LogP contribution is 2.25. The Morgan fingerprint density at radius 2 is 2.00 bits per heavy atom. The van der Waals surface area contributed by atoms with Crippen molar-refractivity contribution < 1.29 is 9.18 Å². The zero-order valence-electron chi connectivity index (χ0n) is 14.7. The molecule has 3 aromatic rings. The van der Waals surface area contributed by atoms with Crippen molar-refractivity contribution >= 4 is 35.0 Å². The Kier molecular flexibility index (Phi) is 6.47. The predicted molar refractivity (Wildman–Crippen MR) is 107 cm³/mol. The van der Waals surface area contributed by atoms with Gasteiger partial charge in [0.15, 0.2) is 11.0 Å². The van der Waals surface area contributed by atoms with Crippen molar-refractivity contribution in [3.8, 4) is 11.4 Å². The summed E-state index contributed by atoms with van der Waals surface area (Å²) in [6, 6.07) is 13.9. The number of halogens is 2. The highest BCUT2D eigenvalue weighted by Gasteiger charge is 2.15. The molecule has 0 saturated carbocycles. The van der Waals surface area contributed by atoms with Crippen LogP contribution < -0.4 is 5.32 Å². The van der Waals surface area contributed by atoms with Crippen molar-refractivity contribution in [3.05, 3.63) is 59.4 Å². The van der Waals surface area contributed by atoms with Crippen LogP contribution in [0.1, 0.15) is 13.3 Å². The van der Waals surface area contributed by atoms with Gasteiger partial charge in [0.25, 0.3) is 0 Å². The van der Waals surface area contributed by atoms with Crippen LogP contribution in [0.3, 0.4) is 0 Å². The third kappa shape index (κ3) is 4.87. The third-order valence-electron chi connectivity index (χ3n) is 3.73. The van der Waals surface area contributed by atoms with Crippen molar-refractivity contribution in [3.63, 3.8) is 0 Å². The monoisotopic (exact) mass is 404 g/mol. The van der Waals surface area contributed by atoms with Crippen molar-refractivity contribution in [1.29, 1.82) is 0 Å². The van der Waals surface area contributed by atoms with E-state index in [1.54, 1.807) is 0 Å². The molecule has 1 aromatic heterocycles. The molecule has 5 nitrogen and oxygen atoms in total. The molecule has 0 atom stereocenters. The van der Waals surface area contributed by atoms with Crippen LogP contribution in [0.4, 0.5) is 10.1 Å². The van der Waals surface area contributed by atoms with Gasteiger partial charge in [-0.1, -0.05) is 60.6 Å². The van der Waals surface area contributed by atoms with Crippen LogP contribution in [-0.4, -0.2) is 26.4 Å². The average Bonchev–Trinajstić information content (AvgIpc) is 3.07. The van der Waals surface area contributed by atoms with Gasteiger partial charge in [0, 0.05) is 17.8 Å². The molecule has 0 aliphatic carbocycles. The van der Waals surface area contributed by atoms with E-state index in [1.165, 1.54) is 30.0 Å². The van der Waals surface area contributed by atoms with E-state index in [0.29, 0.717) is 10.8 Å². The maximum absolute atomic E-state index is 13.2. The molecule has 2 aromatic carbocycles. The highest BCUT2D eigenvalue weighted by molar-refractivity contribution is 7.99. The molecule has 0 aliphatic rings. The second-order valence-corrected chi connectivity index (χ2v) is 7.14. The van der Waals surface area contributed by atoms with Gasteiger partial charge in [-0.05, 0) is 24.6 Å². The predicted octanol–water partition coefficient (Wildman–Crippen LogP) is 4.88. The summed E-state index contributed by atoms with van der Waals surface area (Å²) in [6.07, 6.45) is 0.922. The van der Waals surface area contributed by atoms with Crippen LogP contribution in [0, 0.1) is 5.82 Å². The van der Waals surface area contributed by atoms with Crippen LogP contribution in [0.5, 0.6) is 0 Å². The number of hydrogen-bond donors (Lipinski definition) is 1. The fourth-order valence-electron chi connectivity index (χ4n) is 2.52. The van der Waals surface area contributed by atoms with Gasteiger partial charge in [-0.2, -0.15) is 0 Å². The van der Waals surface area contributed by atoms with E-state index in [0.717, 1.165) is 24.4 Å². The van der Waals surface area contributed by atoms with Gasteiger partial charge in [-0.3, -0.25) is 4.79 Å². The molecule has 3 rings (SSSR count). The van der Waals surface area contributed by atoms with E-state index in [-0.39, 0.29) is 16.7 Å². The standard InChI is InChI=1S/C19H18ClFN4OS/c1-2-10-25-18(13-6-4-3-5-7-13)23-24-19(25)27-12-17(26)22-14-8-9-16(21)15(20)11-14/h3-9,11H,2,10,12H2,1H3,(H,22,26). The SMILES string of the molecule is CCCn1c(SCC(=O)Nc2ccc(F)c(Cl)c2)nnc1-c1ccccc1. The minimum absolute atomic E-state index is 0.0318. The number of benzene rings is 2. The fraction of sp³-hybridized carbons (Fsp3) is 0.211. The lowest BCUT2D eigenvalue weighted by Crippen LogP contribution is -2.14. The maximum Gasteiger partial charge on any atom is 0.234 e. The van der Waals surface area contributed by atoms with Gasteiger partial charge in [-0.15, -0.1) is 10.2 Å². The molecular weight excluding hydrogens is 387 g/mol. The summed E-state index contributed by atoms with van der Waals surface area (Å²) in [5, 5.41) is 11.9. The number of aromatic nitrogens is 3. The Balaban J connectivity index is 1.69. The zero-order chi connectivity index (χ0) is 19.2. The van der Waals surface area contributed by atoms with Gasteiger partial charge in [0.1, 0.15) is 5.82 Å². The van der Waals surface area contributed by atoms with E-state index in [1.807, 2.05) is 34.9 Å². The number of nitrogens with zero attached hydrogens (tertiary/aromatic N) is 3. The van der Waals surface area contributed by atoms with Crippen LogP contribution in [0.2, 0.25) is 5.02 Å². The third-order valence-corrected chi connectivity index (χ3v) is 4.99. The summed E-state index contributed by atoms with van der Waals surface area (Å²) in [4.78, 5) is 12.2. The minimum Gasteiger partial charge on any atom is -0.325 e. The van der Waals surface area contributed by atoms with Gasteiger partial charge in [0.2, 0.25) is 5.91 Å². The number of carbonyl (C=O) groups is 1. The molecule has 0 radical (unpaired) electrons. The summed E-state index contributed by atoms with van der Waals surface area (Å²) in [5.41, 5.74) is 1.43. The van der Waals surface area contributed by atoms with E-state index in [4.69, 9.17) is 11.6 Å². The Bertz CT molecular complexity index is 933. The lowest BCUT2D eigenvalue weighted by Gasteiger charge is -2.09. The maximum atomic E-state index is 13.2. The van der Waals surface area contributed by atoms with Crippen molar-refractivity contribution in [2.75, 3.05) is 11.1 Å². The first kappa shape index (κ1) is 19.4. The molecule has 0 aliphatic heterocycles. The second-order valence-electron chi connectivity index (χ2n) is 5.79. The lowest BCUT2D eigenvalue weighted by molar-refractivity contribution is -0.113. The summed E-state index contributed by atoms with van der Waals surface area (Å²) in [7, 11) is 0. The molecule has 8 heteroatoms. The zero-order valence-corrected chi connectivity index (χ0v) is 16.2. The summed E-state index contributed by atoms with van der Waals surface area (Å²) in [5.74, 6) is 0.192. The van der Waals surface area contributed by atoms with E-state index >= 15 is 0 Å². The molecule has 0 saturated heterocycles. The van der Waals surface area contributed by atoms with Crippen LogP contribution in [0.15, 0.2) is 53.7 Å². The van der Waals surface area contributed by atoms with Gasteiger partial charge in [0.05, 0.1) is 10.8 Å². The molecule has 0 unspecified atom stereocenters. The van der Waals surface area contributed by atoms with E-state index in [2.05, 4.69) is 22.4 Å². The summed E-state index contributed by atoms with van der Waals surface area (Å²) in [6.45, 7) is 2.84. The Hall–Kier alpha value is -2.38. The first-order chi connectivity index (χ1) is 13.1. The minimum atomic E-state index is -0.523. The highest BCUT2D eigenvalue weighted by atomic mass is 35.5. The lowest BCUT2D eigenvalue weighted by atomic mass is 10.2. The fourth-order valence-corrected chi connectivity index (χ4v) is 3.47. The van der Waals surface area contributed by atoms with Crippen molar-refractivity contribution in [2.24, 2.45) is 0 Å². The van der Waals surface area contributed by atoms with Crippen LogP contribution in [0.25, 0.3) is 11.4 Å². The number of carbonyl (C=O) groups excluding carboxylic acids is 1. The topological polar surface area (TPSA) is 59.8 Å². The largest absolute Gasteiger partial charge is 0.325 e. The molecule has 1 heterocycles. The quantitative estimate of drug-likeness (QED) is 0.570. The summed E-state index contributed by atoms with van der Waals surface area (Å²) >= 11 is 7.04. The molecule has 27 heavy (non-hydrogen) atoms. The van der Waals surface area contributed by atoms with Crippen molar-refractivity contribution in [2.45, 2.75) is 25.0 Å². The second kappa shape index (κ2) is 9.01. The number of hydrogen-bond acceptors (Lipinski definition) is 4. The van der Waals surface area contributed by atoms with Crippen LogP contribution >= 0.6 is 23.4 Å². The first-order valence-corrected chi connectivity index (χ1v) is 9.81. The molecule has 140 valence electrons. The molecule has 0 spiro atoms. The Morgan fingerprint density at radius 3 is 2.70 bits per heavy atom. The molecule has 1 N–H and O–H groups in total. The van der Waals surface area contributed by atoms with Crippen molar-refractivity contribution in [1.82, 2.24) is 14.8 Å². The number of rotatable bonds is 7. The first-order valence-electron chi connectivity index (χ1n) is 8.44. The van der Waals surface area contributed by atoms with Gasteiger partial charge in [-0.25, -0.2) is 4.39 Å². The molecule has 1 amide bonds. The number of amides is 1. The molecular formula is C19H18ClFN4OS. The van der Waals surface area contributed by atoms with Crippen LogP contribution in [-0.2, 0) is 11.3 Å².